The maximum absolute atomic E-state index is 13.7. The predicted octanol–water partition coefficient (Wildman–Crippen LogP) is 4.56. The van der Waals surface area contributed by atoms with E-state index in [1.807, 2.05) is 0 Å². The monoisotopic (exact) mass is 294 g/mol. The van der Waals surface area contributed by atoms with Crippen molar-refractivity contribution in [1.82, 2.24) is 8.88 Å². The molecule has 0 atom stereocenters. The van der Waals surface area contributed by atoms with E-state index in [0.29, 0.717) is 14.1 Å². The van der Waals surface area contributed by atoms with Gasteiger partial charge in [0.25, 0.3) is 0 Å². The van der Waals surface area contributed by atoms with E-state index in [4.69, 9.17) is 23.2 Å². The molecule has 0 spiro atoms. The van der Waals surface area contributed by atoms with Crippen LogP contribution in [0.5, 0.6) is 0 Å². The van der Waals surface area contributed by atoms with Crippen molar-refractivity contribution in [3.05, 3.63) is 0 Å². The first-order valence-corrected chi connectivity index (χ1v) is 8.82. The van der Waals surface area contributed by atoms with Crippen LogP contribution in [0.1, 0.15) is 0 Å². The quantitative estimate of drug-likeness (QED) is 0.418. The molecule has 0 unspecified atom stereocenters. The van der Waals surface area contributed by atoms with Gasteiger partial charge in [-0.15, -0.1) is 0 Å². The normalized spacial score (nSPS) is 39.7. The van der Waals surface area contributed by atoms with Gasteiger partial charge in [-0.2, -0.15) is 0 Å². The first-order valence-electron chi connectivity index (χ1n) is 3.54. The minimum atomic E-state index is -5.72. The molecule has 1 aliphatic heterocycles. The van der Waals surface area contributed by atoms with Gasteiger partial charge in [0.1, 0.15) is 0 Å². The van der Waals surface area contributed by atoms with Crippen molar-refractivity contribution >= 4 is 38.3 Å². The van der Waals surface area contributed by atoms with Gasteiger partial charge in [0.05, 0.1) is 0 Å². The number of hydrogen-bond acceptors (Lipinski definition) is 2. The topological polar surface area (TPSA) is 6.48 Å². The summed E-state index contributed by atoms with van der Waals surface area (Å²) in [7, 11) is -10.1. The molecule has 1 rings (SSSR count). The summed E-state index contributed by atoms with van der Waals surface area (Å²) in [6.07, 6.45) is 0. The van der Waals surface area contributed by atoms with Crippen molar-refractivity contribution < 1.29 is 16.8 Å². The number of nitrogens with zero attached hydrogens (tertiary/aromatic N) is 2. The zero-order valence-electron chi connectivity index (χ0n) is 7.47. The maximum atomic E-state index is 13.7. The molecule has 0 aromatic rings. The van der Waals surface area contributed by atoms with Gasteiger partial charge in [-0.25, -0.2) is 0 Å². The predicted molar refractivity (Wildman–Crippen MR) is 55.2 cm³/mol. The van der Waals surface area contributed by atoms with Gasteiger partial charge in [0, 0.05) is 0 Å². The fraction of sp³-hybridized carbons (Fsp3) is 1.00. The first-order chi connectivity index (χ1) is 6.02. The molecule has 1 heterocycles. The molecule has 0 N–H and O–H groups in total. The molecule has 0 aromatic carbocycles. The minimum absolute atomic E-state index is 0.142. The Bertz CT molecular complexity index is 245. The second kappa shape index (κ2) is 2.85. The Morgan fingerprint density at radius 2 is 1.07 bits per heavy atom. The molecule has 0 aliphatic carbocycles. The molecule has 0 radical (unpaired) electrons. The number of rotatable bonds is 2. The third kappa shape index (κ3) is 1.13. The zero-order chi connectivity index (χ0) is 11.5. The molecule has 1 fully saturated rings. The van der Waals surface area contributed by atoms with E-state index in [-0.39, 0.29) is 8.88 Å². The van der Waals surface area contributed by atoms with Crippen molar-refractivity contribution in [2.24, 2.45) is 0 Å². The summed E-state index contributed by atoms with van der Waals surface area (Å²) in [4.78, 5) is 0. The third-order valence-corrected chi connectivity index (χ3v) is 14.3. The van der Waals surface area contributed by atoms with Gasteiger partial charge in [0.2, 0.25) is 0 Å². The summed E-state index contributed by atoms with van der Waals surface area (Å²) in [5, 5.41) is 0. The zero-order valence-corrected chi connectivity index (χ0v) is 10.8. The molecule has 10 heteroatoms. The summed E-state index contributed by atoms with van der Waals surface area (Å²) in [6.45, 7) is 0. The van der Waals surface area contributed by atoms with Gasteiger partial charge in [-0.3, -0.25) is 0 Å². The van der Waals surface area contributed by atoms with E-state index < -0.39 is 26.3 Å². The Hall–Kier alpha value is 1.08. The van der Waals surface area contributed by atoms with Crippen LogP contribution in [-0.2, 0) is 0 Å². The average Bonchev–Trinajstić information content (AvgIpc) is 2.16. The Kier molecular flexibility index (Phi) is 2.67. The second-order valence-electron chi connectivity index (χ2n) is 3.17. The molecular formula is C4H10Cl2F4N2P2. The Labute approximate surface area is 89.7 Å². The Morgan fingerprint density at radius 3 is 1.21 bits per heavy atom. The van der Waals surface area contributed by atoms with Crippen molar-refractivity contribution in [2.45, 2.75) is 0 Å². The Morgan fingerprint density at radius 1 is 0.857 bits per heavy atom. The molecular weight excluding hydrogens is 285 g/mol. The first kappa shape index (κ1) is 13.1. The van der Waals surface area contributed by atoms with E-state index >= 15 is 0 Å². The third-order valence-electron chi connectivity index (χ3n) is 2.61. The van der Waals surface area contributed by atoms with Crippen LogP contribution >= 0.6 is 38.3 Å². The standard InChI is InChI=1S/C4H10Cl2F4N2P2/c1-11-13(7,8,3-5)12(2)14(11,9,10)4-6/h3-4H2,1-2H3. The summed E-state index contributed by atoms with van der Waals surface area (Å²) < 4.78 is 54.6. The summed E-state index contributed by atoms with van der Waals surface area (Å²) >= 11 is 10.2. The van der Waals surface area contributed by atoms with Crippen LogP contribution in [0.15, 0.2) is 0 Å². The van der Waals surface area contributed by atoms with Gasteiger partial charge < -0.3 is 0 Å². The van der Waals surface area contributed by atoms with Crippen molar-refractivity contribution in [3.63, 3.8) is 0 Å². The molecule has 14 heavy (non-hydrogen) atoms. The van der Waals surface area contributed by atoms with Gasteiger partial charge >= 0.3 is 89.3 Å². The van der Waals surface area contributed by atoms with Gasteiger partial charge in [-0.1, -0.05) is 0 Å². The van der Waals surface area contributed by atoms with Crippen molar-refractivity contribution in [2.75, 3.05) is 25.3 Å². The second-order valence-corrected chi connectivity index (χ2v) is 12.0. The van der Waals surface area contributed by atoms with E-state index in [0.717, 1.165) is 0 Å². The van der Waals surface area contributed by atoms with Gasteiger partial charge in [-0.05, 0) is 0 Å². The average molecular weight is 295 g/mol. The fourth-order valence-electron chi connectivity index (χ4n) is 1.31. The molecule has 1 saturated heterocycles. The molecule has 2 nitrogen and oxygen atoms in total. The van der Waals surface area contributed by atoms with Crippen LogP contribution in [0.4, 0.5) is 16.8 Å². The molecule has 88 valence electrons. The molecule has 0 aromatic heterocycles. The SMILES string of the molecule is CN1P(F)(F)(CCl)N(C)P1(F)(F)CCl. The van der Waals surface area contributed by atoms with E-state index in [2.05, 4.69) is 0 Å². The van der Waals surface area contributed by atoms with Crippen LogP contribution in [0.25, 0.3) is 0 Å². The molecule has 1 aliphatic rings. The van der Waals surface area contributed by atoms with Gasteiger partial charge in [0.15, 0.2) is 0 Å². The fourth-order valence-corrected chi connectivity index (χ4v) is 12.4. The van der Waals surface area contributed by atoms with E-state index in [1.165, 1.54) is 0 Å². The number of alkyl halides is 2. The number of halogens is 6. The Balaban J connectivity index is 3.21. The van der Waals surface area contributed by atoms with Crippen molar-refractivity contribution in [1.29, 1.82) is 0 Å². The number of hydrogen-bond donors (Lipinski definition) is 0. The van der Waals surface area contributed by atoms with Crippen LogP contribution in [0, 0.1) is 0 Å². The van der Waals surface area contributed by atoms with E-state index in [9.17, 15) is 16.8 Å². The van der Waals surface area contributed by atoms with Crippen LogP contribution in [0.3, 0.4) is 0 Å². The molecule has 0 saturated carbocycles. The summed E-state index contributed by atoms with van der Waals surface area (Å²) in [5.41, 5.74) is -2.19. The summed E-state index contributed by atoms with van der Waals surface area (Å²) in [5.74, 6) is 0. The van der Waals surface area contributed by atoms with Crippen LogP contribution in [-0.4, -0.2) is 34.2 Å². The van der Waals surface area contributed by atoms with Crippen LogP contribution < -0.4 is 0 Å². The van der Waals surface area contributed by atoms with Crippen LogP contribution in [0.2, 0.25) is 0 Å². The molecule has 0 amide bonds. The molecule has 0 bridgehead atoms. The van der Waals surface area contributed by atoms with Crippen molar-refractivity contribution in [3.8, 4) is 0 Å². The van der Waals surface area contributed by atoms with E-state index in [1.54, 1.807) is 0 Å². The summed E-state index contributed by atoms with van der Waals surface area (Å²) in [6, 6.07) is 0.